The summed E-state index contributed by atoms with van der Waals surface area (Å²) in [6, 6.07) is 14.8. The highest BCUT2D eigenvalue weighted by atomic mass is 35.5. The van der Waals surface area contributed by atoms with E-state index >= 15 is 0 Å². The van der Waals surface area contributed by atoms with E-state index in [9.17, 15) is 14.9 Å². The second-order valence-corrected chi connectivity index (χ2v) is 7.14. The topological polar surface area (TPSA) is 118 Å². The predicted octanol–water partition coefficient (Wildman–Crippen LogP) is 4.24. The van der Waals surface area contributed by atoms with Crippen LogP contribution in [0.5, 0.6) is 0 Å². The van der Waals surface area contributed by atoms with Gasteiger partial charge in [-0.3, -0.25) is 4.79 Å². The zero-order valence-corrected chi connectivity index (χ0v) is 17.7. The van der Waals surface area contributed by atoms with Gasteiger partial charge in [-0.05, 0) is 42.3 Å². The van der Waals surface area contributed by atoms with Gasteiger partial charge in [0.25, 0.3) is 0 Å². The highest BCUT2D eigenvalue weighted by Crippen LogP contribution is 2.32. The number of ether oxygens (including phenoxy) is 1. The lowest BCUT2D eigenvalue weighted by Crippen LogP contribution is -2.29. The first kappa shape index (κ1) is 23.2. The lowest BCUT2D eigenvalue weighted by molar-refractivity contribution is -0.146. The minimum atomic E-state index is -1.10. The Bertz CT molecular complexity index is 954. The van der Waals surface area contributed by atoms with Crippen LogP contribution in [0.15, 0.2) is 53.6 Å². The van der Waals surface area contributed by atoms with Crippen molar-refractivity contribution in [2.45, 2.75) is 19.3 Å². The number of hydrogen-bond donors (Lipinski definition) is 2. The molecule has 0 saturated heterocycles. The van der Waals surface area contributed by atoms with Crippen molar-refractivity contribution in [1.82, 2.24) is 5.43 Å². The van der Waals surface area contributed by atoms with Gasteiger partial charge < -0.3 is 10.5 Å². The number of carbonyl (C=O) groups is 2. The van der Waals surface area contributed by atoms with Gasteiger partial charge in [-0.25, -0.2) is 10.2 Å². The summed E-state index contributed by atoms with van der Waals surface area (Å²) in [6.07, 6.45) is 0.139. The summed E-state index contributed by atoms with van der Waals surface area (Å²) in [4.78, 5) is 23.7. The summed E-state index contributed by atoms with van der Waals surface area (Å²) in [5.41, 5.74) is 9.12. The highest BCUT2D eigenvalue weighted by Gasteiger charge is 2.32. The lowest BCUT2D eigenvalue weighted by Gasteiger charge is -2.22. The highest BCUT2D eigenvalue weighted by molar-refractivity contribution is 6.31. The van der Waals surface area contributed by atoms with Gasteiger partial charge in [0, 0.05) is 22.4 Å². The monoisotopic (exact) mass is 446 g/mol. The maximum atomic E-state index is 12.5. The van der Waals surface area contributed by atoms with Gasteiger partial charge in [-0.15, -0.1) is 0 Å². The molecule has 2 unspecified atom stereocenters. The van der Waals surface area contributed by atoms with Crippen LogP contribution in [0.2, 0.25) is 10.0 Å². The first-order valence-corrected chi connectivity index (χ1v) is 9.81. The van der Waals surface area contributed by atoms with E-state index < -0.39 is 23.8 Å². The molecular weight excluding hydrogens is 427 g/mol. The number of nitriles is 1. The van der Waals surface area contributed by atoms with Crippen LogP contribution < -0.4 is 11.2 Å². The van der Waals surface area contributed by atoms with Crippen LogP contribution in [0, 0.1) is 17.2 Å². The molecule has 0 fully saturated rings. The molecule has 156 valence electrons. The van der Waals surface area contributed by atoms with Gasteiger partial charge >= 0.3 is 12.0 Å². The van der Waals surface area contributed by atoms with E-state index in [2.05, 4.69) is 10.5 Å². The molecule has 0 aliphatic rings. The summed E-state index contributed by atoms with van der Waals surface area (Å²) >= 11 is 12.0. The molecule has 30 heavy (non-hydrogen) atoms. The van der Waals surface area contributed by atoms with Crippen molar-refractivity contribution in [3.8, 4) is 6.07 Å². The van der Waals surface area contributed by atoms with Crippen molar-refractivity contribution in [2.24, 2.45) is 16.8 Å². The fraction of sp³-hybridized carbons (Fsp3) is 0.238. The molecular formula is C21H20Cl2N4O3. The number of halogens is 2. The standard InChI is InChI=1S/C21H20Cl2N4O3/c1-2-30-20(28)18(12-24)17(13-3-7-15(22)8-4-13)11-19(26-27-21(25)29)14-5-9-16(23)10-6-14/h3-10,17-18H,2,11H2,1H3,(H3,25,27,29)/b26-19+. The van der Waals surface area contributed by atoms with Crippen LogP contribution >= 0.6 is 23.2 Å². The van der Waals surface area contributed by atoms with Crippen molar-refractivity contribution >= 4 is 40.9 Å². The summed E-state index contributed by atoms with van der Waals surface area (Å²) in [5, 5.41) is 14.9. The Hall–Kier alpha value is -3.08. The molecule has 0 aliphatic heterocycles. The fourth-order valence-electron chi connectivity index (χ4n) is 2.88. The summed E-state index contributed by atoms with van der Waals surface area (Å²) in [6.45, 7) is 1.81. The number of carbonyl (C=O) groups excluding carboxylic acids is 2. The average molecular weight is 447 g/mol. The Morgan fingerprint density at radius 2 is 1.70 bits per heavy atom. The van der Waals surface area contributed by atoms with Gasteiger partial charge in [-0.2, -0.15) is 10.4 Å². The summed E-state index contributed by atoms with van der Waals surface area (Å²) in [7, 11) is 0. The number of primary amides is 1. The molecule has 2 atom stereocenters. The third-order valence-electron chi connectivity index (χ3n) is 4.27. The molecule has 2 amide bonds. The van der Waals surface area contributed by atoms with Gasteiger partial charge in [0.15, 0.2) is 5.92 Å². The molecule has 0 aliphatic carbocycles. The number of nitrogens with one attached hydrogen (secondary N) is 1. The third kappa shape index (κ3) is 6.48. The molecule has 0 heterocycles. The van der Waals surface area contributed by atoms with Crippen molar-refractivity contribution < 1.29 is 14.3 Å². The number of urea groups is 1. The molecule has 0 aromatic heterocycles. The van der Waals surface area contributed by atoms with Crippen molar-refractivity contribution in [2.75, 3.05) is 6.61 Å². The summed E-state index contributed by atoms with van der Waals surface area (Å²) in [5.74, 6) is -2.36. The molecule has 7 nitrogen and oxygen atoms in total. The molecule has 0 spiro atoms. The molecule has 0 saturated carbocycles. The number of hydrazone groups is 1. The smallest absolute Gasteiger partial charge is 0.332 e. The number of rotatable bonds is 8. The van der Waals surface area contributed by atoms with E-state index in [1.54, 1.807) is 55.5 Å². The number of esters is 1. The molecule has 2 aromatic rings. The number of nitrogens with two attached hydrogens (primary N) is 1. The Kier molecular flexibility index (Phi) is 8.66. The number of benzene rings is 2. The Morgan fingerprint density at radius 1 is 1.13 bits per heavy atom. The molecule has 0 radical (unpaired) electrons. The van der Waals surface area contributed by atoms with E-state index in [0.29, 0.717) is 26.9 Å². The molecule has 2 aromatic carbocycles. The van der Waals surface area contributed by atoms with Crippen LogP contribution in [0.1, 0.15) is 30.4 Å². The zero-order valence-electron chi connectivity index (χ0n) is 16.1. The van der Waals surface area contributed by atoms with Crippen LogP contribution in [-0.4, -0.2) is 24.3 Å². The second kappa shape index (κ2) is 11.2. The minimum Gasteiger partial charge on any atom is -0.465 e. The van der Waals surface area contributed by atoms with Crippen LogP contribution in [0.3, 0.4) is 0 Å². The molecule has 3 N–H and O–H groups in total. The van der Waals surface area contributed by atoms with Gasteiger partial charge in [-0.1, -0.05) is 47.5 Å². The van der Waals surface area contributed by atoms with E-state index in [1.807, 2.05) is 6.07 Å². The normalized spacial score (nSPS) is 13.1. The van der Waals surface area contributed by atoms with Gasteiger partial charge in [0.1, 0.15) is 0 Å². The average Bonchev–Trinajstić information content (AvgIpc) is 2.72. The molecule has 9 heteroatoms. The van der Waals surface area contributed by atoms with Crippen molar-refractivity contribution in [3.63, 3.8) is 0 Å². The number of hydrogen-bond acceptors (Lipinski definition) is 5. The predicted molar refractivity (Wildman–Crippen MR) is 115 cm³/mol. The quantitative estimate of drug-likeness (QED) is 0.358. The second-order valence-electron chi connectivity index (χ2n) is 6.26. The first-order chi connectivity index (χ1) is 14.3. The van der Waals surface area contributed by atoms with Crippen LogP contribution in [0.25, 0.3) is 0 Å². The maximum Gasteiger partial charge on any atom is 0.332 e. The van der Waals surface area contributed by atoms with Crippen LogP contribution in [-0.2, 0) is 9.53 Å². The summed E-state index contributed by atoms with van der Waals surface area (Å²) < 4.78 is 5.09. The number of nitrogens with zero attached hydrogens (tertiary/aromatic N) is 2. The third-order valence-corrected chi connectivity index (χ3v) is 4.78. The van der Waals surface area contributed by atoms with Crippen molar-refractivity contribution in [1.29, 1.82) is 5.26 Å². The van der Waals surface area contributed by atoms with Crippen LogP contribution in [0.4, 0.5) is 4.79 Å². The maximum absolute atomic E-state index is 12.5. The minimum absolute atomic E-state index is 0.139. The number of amides is 2. The van der Waals surface area contributed by atoms with E-state index in [-0.39, 0.29) is 13.0 Å². The van der Waals surface area contributed by atoms with Crippen molar-refractivity contribution in [3.05, 3.63) is 69.7 Å². The zero-order chi connectivity index (χ0) is 22.1. The van der Waals surface area contributed by atoms with Gasteiger partial charge in [0.2, 0.25) is 0 Å². The van der Waals surface area contributed by atoms with E-state index in [0.717, 1.165) is 0 Å². The SMILES string of the molecule is CCOC(=O)C(C#N)C(C/C(=N\NC(N)=O)c1ccc(Cl)cc1)c1ccc(Cl)cc1. The molecule has 2 rings (SSSR count). The van der Waals surface area contributed by atoms with E-state index in [1.165, 1.54) is 0 Å². The Labute approximate surface area is 184 Å². The Balaban J connectivity index is 2.50. The van der Waals surface area contributed by atoms with E-state index in [4.69, 9.17) is 33.7 Å². The van der Waals surface area contributed by atoms with Gasteiger partial charge in [0.05, 0.1) is 18.4 Å². The largest absolute Gasteiger partial charge is 0.465 e. The lowest BCUT2D eigenvalue weighted by atomic mass is 9.81. The fourth-order valence-corrected chi connectivity index (χ4v) is 3.13. The molecule has 0 bridgehead atoms. The first-order valence-electron chi connectivity index (χ1n) is 9.05. The Morgan fingerprint density at radius 3 is 2.20 bits per heavy atom.